The third kappa shape index (κ3) is 6.72. The number of hydrogen-bond donors (Lipinski definition) is 1. The van der Waals surface area contributed by atoms with Crippen molar-refractivity contribution in [3.8, 4) is 46.3 Å². The van der Waals surface area contributed by atoms with Gasteiger partial charge in [-0.1, -0.05) is 38.3 Å². The Kier molecular flexibility index (Phi) is 10.2. The van der Waals surface area contributed by atoms with Gasteiger partial charge >= 0.3 is 5.97 Å². The van der Waals surface area contributed by atoms with E-state index in [0.29, 0.717) is 46.7 Å². The highest BCUT2D eigenvalue weighted by atomic mass is 16.5. The van der Waals surface area contributed by atoms with Gasteiger partial charge in [-0.15, -0.1) is 0 Å². The minimum absolute atomic E-state index is 0.0386. The molecule has 3 aromatic rings. The molecule has 0 fully saturated rings. The predicted molar refractivity (Wildman–Crippen MR) is 159 cm³/mol. The van der Waals surface area contributed by atoms with Crippen LogP contribution in [0, 0.1) is 11.3 Å². The molecule has 1 heterocycles. The van der Waals surface area contributed by atoms with Crippen molar-refractivity contribution in [2.24, 2.45) is 5.73 Å². The molecule has 1 aliphatic rings. The summed E-state index contributed by atoms with van der Waals surface area (Å²) in [6, 6.07) is 15.7. The molecule has 10 nitrogen and oxygen atoms in total. The number of ether oxygens (including phenoxy) is 7. The number of methoxy groups -OCH3 is 4. The van der Waals surface area contributed by atoms with Crippen molar-refractivity contribution in [2.45, 2.75) is 38.5 Å². The SMILES string of the molecule is CCCCCCOc1ccc(C2C(C#N)=C(N)Oc3cc(OC(=O)c4cc(OC)c(OC)c(OC)c4)ccc32)cc1OC. The van der Waals surface area contributed by atoms with Gasteiger partial charge in [0.1, 0.15) is 23.1 Å². The van der Waals surface area contributed by atoms with Crippen LogP contribution in [0.5, 0.6) is 40.2 Å². The van der Waals surface area contributed by atoms with Crippen LogP contribution in [0.3, 0.4) is 0 Å². The van der Waals surface area contributed by atoms with Gasteiger partial charge in [0.25, 0.3) is 0 Å². The average Bonchev–Trinajstić information content (AvgIpc) is 3.03. The zero-order valence-corrected chi connectivity index (χ0v) is 25.0. The van der Waals surface area contributed by atoms with E-state index in [1.165, 1.54) is 39.9 Å². The molecule has 3 aromatic carbocycles. The van der Waals surface area contributed by atoms with Crippen LogP contribution in [0.2, 0.25) is 0 Å². The topological polar surface area (TPSA) is 131 Å². The number of nitrogens with two attached hydrogens (primary N) is 1. The maximum Gasteiger partial charge on any atom is 0.343 e. The fraction of sp³-hybridized carbons (Fsp3) is 0.333. The summed E-state index contributed by atoms with van der Waals surface area (Å²) in [4.78, 5) is 13.1. The van der Waals surface area contributed by atoms with Crippen LogP contribution in [0.15, 0.2) is 60.0 Å². The fourth-order valence-electron chi connectivity index (χ4n) is 4.90. The second kappa shape index (κ2) is 14.2. The first-order chi connectivity index (χ1) is 20.9. The first-order valence-electron chi connectivity index (χ1n) is 13.9. The lowest BCUT2D eigenvalue weighted by atomic mass is 9.83. The van der Waals surface area contributed by atoms with Crippen LogP contribution in [-0.2, 0) is 0 Å². The van der Waals surface area contributed by atoms with Crippen LogP contribution in [0.25, 0.3) is 0 Å². The number of carbonyl (C=O) groups excluding carboxylic acids is 1. The molecule has 43 heavy (non-hydrogen) atoms. The molecule has 0 bridgehead atoms. The Hall–Kier alpha value is -5.04. The zero-order chi connectivity index (χ0) is 30.9. The van der Waals surface area contributed by atoms with E-state index >= 15 is 0 Å². The summed E-state index contributed by atoms with van der Waals surface area (Å²) in [7, 11) is 5.97. The molecule has 1 unspecified atom stereocenters. The Labute approximate surface area is 251 Å². The van der Waals surface area contributed by atoms with Crippen molar-refractivity contribution in [1.29, 1.82) is 5.26 Å². The van der Waals surface area contributed by atoms with Crippen LogP contribution in [0.4, 0.5) is 0 Å². The van der Waals surface area contributed by atoms with E-state index in [0.717, 1.165) is 24.8 Å². The molecule has 10 heteroatoms. The average molecular weight is 589 g/mol. The molecule has 226 valence electrons. The monoisotopic (exact) mass is 588 g/mol. The van der Waals surface area contributed by atoms with Crippen molar-refractivity contribution in [3.63, 3.8) is 0 Å². The number of fused-ring (bicyclic) bond motifs is 1. The van der Waals surface area contributed by atoms with E-state index in [1.807, 2.05) is 18.2 Å². The van der Waals surface area contributed by atoms with Gasteiger partial charge < -0.3 is 38.9 Å². The summed E-state index contributed by atoms with van der Waals surface area (Å²) in [6.45, 7) is 2.75. The molecular weight excluding hydrogens is 552 g/mol. The van der Waals surface area contributed by atoms with E-state index in [2.05, 4.69) is 13.0 Å². The smallest absolute Gasteiger partial charge is 0.343 e. The zero-order valence-electron chi connectivity index (χ0n) is 25.0. The van der Waals surface area contributed by atoms with Crippen molar-refractivity contribution < 1.29 is 38.0 Å². The van der Waals surface area contributed by atoms with E-state index in [-0.39, 0.29) is 22.8 Å². The summed E-state index contributed by atoms with van der Waals surface area (Å²) in [6.07, 6.45) is 4.38. The minimum Gasteiger partial charge on any atom is -0.493 e. The van der Waals surface area contributed by atoms with Crippen LogP contribution in [0.1, 0.15) is 60.0 Å². The molecular formula is C33H36N2O8. The molecule has 4 rings (SSSR count). The maximum absolute atomic E-state index is 13.1. The summed E-state index contributed by atoms with van der Waals surface area (Å²) in [5.41, 5.74) is 8.09. The first kappa shape index (κ1) is 30.9. The lowest BCUT2D eigenvalue weighted by molar-refractivity contribution is 0.0733. The quantitative estimate of drug-likeness (QED) is 0.142. The molecule has 0 radical (unpaired) electrons. The van der Waals surface area contributed by atoms with E-state index in [9.17, 15) is 10.1 Å². The third-order valence-corrected chi connectivity index (χ3v) is 7.08. The van der Waals surface area contributed by atoms with Crippen molar-refractivity contribution in [3.05, 3.63) is 76.7 Å². The molecule has 1 aliphatic heterocycles. The first-order valence-corrected chi connectivity index (χ1v) is 13.9. The van der Waals surface area contributed by atoms with Crippen molar-refractivity contribution in [1.82, 2.24) is 0 Å². The molecule has 2 N–H and O–H groups in total. The van der Waals surface area contributed by atoms with Gasteiger partial charge in [0.05, 0.1) is 46.5 Å². The number of allylic oxidation sites excluding steroid dienone is 1. The second-order valence-corrected chi connectivity index (χ2v) is 9.75. The normalized spacial score (nSPS) is 13.7. The Morgan fingerprint density at radius 2 is 1.60 bits per heavy atom. The Morgan fingerprint density at radius 3 is 2.23 bits per heavy atom. The van der Waals surface area contributed by atoms with Gasteiger partial charge in [0.2, 0.25) is 11.6 Å². The summed E-state index contributed by atoms with van der Waals surface area (Å²) in [5.74, 6) is 1.50. The number of carbonyl (C=O) groups is 1. The highest BCUT2D eigenvalue weighted by Gasteiger charge is 2.32. The van der Waals surface area contributed by atoms with Crippen LogP contribution >= 0.6 is 0 Å². The largest absolute Gasteiger partial charge is 0.493 e. The molecule has 0 aliphatic carbocycles. The van der Waals surface area contributed by atoms with Gasteiger partial charge in [-0.25, -0.2) is 4.79 Å². The fourth-order valence-corrected chi connectivity index (χ4v) is 4.90. The molecule has 0 amide bonds. The molecule has 0 saturated carbocycles. The van der Waals surface area contributed by atoms with Crippen molar-refractivity contribution >= 4 is 5.97 Å². The van der Waals surface area contributed by atoms with Crippen LogP contribution < -0.4 is 38.9 Å². The number of rotatable bonds is 13. The highest BCUT2D eigenvalue weighted by molar-refractivity contribution is 5.92. The molecule has 0 saturated heterocycles. The number of unbranched alkanes of at least 4 members (excludes halogenated alkanes) is 3. The van der Waals surface area contributed by atoms with Gasteiger partial charge in [0.15, 0.2) is 23.0 Å². The van der Waals surface area contributed by atoms with Gasteiger partial charge in [-0.05, 0) is 42.3 Å². The number of nitriles is 1. The van der Waals surface area contributed by atoms with Crippen LogP contribution in [-0.4, -0.2) is 41.0 Å². The Bertz CT molecular complexity index is 1520. The van der Waals surface area contributed by atoms with Gasteiger partial charge in [0, 0.05) is 11.6 Å². The van der Waals surface area contributed by atoms with Crippen molar-refractivity contribution in [2.75, 3.05) is 35.0 Å². The Morgan fingerprint density at radius 1 is 0.884 bits per heavy atom. The molecule has 1 atom stereocenters. The molecule has 0 aromatic heterocycles. The number of benzene rings is 3. The van der Waals surface area contributed by atoms with Gasteiger partial charge in [-0.2, -0.15) is 5.26 Å². The third-order valence-electron chi connectivity index (χ3n) is 7.08. The number of hydrogen-bond acceptors (Lipinski definition) is 10. The highest BCUT2D eigenvalue weighted by Crippen LogP contribution is 2.45. The van der Waals surface area contributed by atoms with Gasteiger partial charge in [-0.3, -0.25) is 0 Å². The number of esters is 1. The summed E-state index contributed by atoms with van der Waals surface area (Å²) in [5, 5.41) is 9.99. The Balaban J connectivity index is 1.62. The van der Waals surface area contributed by atoms with E-state index in [4.69, 9.17) is 38.9 Å². The van der Waals surface area contributed by atoms with E-state index in [1.54, 1.807) is 25.3 Å². The standard InChI is InChI=1S/C33H36N2O8/c1-6-7-8-9-14-41-25-13-10-20(15-27(25)37-2)30-23-12-11-22(18-26(23)43-32(35)24(30)19-34)42-33(36)21-16-28(38-3)31(40-5)29(17-21)39-4/h10-13,15-18,30H,6-9,14,35H2,1-5H3. The number of nitrogens with zero attached hydrogens (tertiary/aromatic N) is 1. The molecule has 0 spiro atoms. The second-order valence-electron chi connectivity index (χ2n) is 9.75. The predicted octanol–water partition coefficient (Wildman–Crippen LogP) is 6.12. The lowest BCUT2D eigenvalue weighted by Gasteiger charge is -2.27. The summed E-state index contributed by atoms with van der Waals surface area (Å²) < 4.78 is 39.1. The van der Waals surface area contributed by atoms with E-state index < -0.39 is 11.9 Å². The minimum atomic E-state index is -0.650. The maximum atomic E-state index is 13.1. The summed E-state index contributed by atoms with van der Waals surface area (Å²) >= 11 is 0. The lowest BCUT2D eigenvalue weighted by Crippen LogP contribution is -2.21.